The van der Waals surface area contributed by atoms with Gasteiger partial charge < -0.3 is 4.42 Å². The lowest BCUT2D eigenvalue weighted by Crippen LogP contribution is -2.38. The summed E-state index contributed by atoms with van der Waals surface area (Å²) in [6.45, 7) is 0.428. The zero-order valence-corrected chi connectivity index (χ0v) is 13.5. The van der Waals surface area contributed by atoms with Crippen molar-refractivity contribution in [1.82, 2.24) is 14.1 Å². The van der Waals surface area contributed by atoms with Crippen LogP contribution in [0.4, 0.5) is 0 Å². The number of hydrogen-bond acceptors (Lipinski definition) is 5. The SMILES string of the molecule is Cn1nc2c(cc1=O)CN(S(=O)(=O)c1ccc(Br)o1)CC2. The number of nitrogens with zero attached hydrogens (tertiary/aromatic N) is 3. The first-order valence-electron chi connectivity index (χ1n) is 6.19. The normalized spacial score (nSPS) is 15.9. The molecule has 0 amide bonds. The van der Waals surface area contributed by atoms with Gasteiger partial charge in [0.25, 0.3) is 15.6 Å². The smallest absolute Gasteiger partial charge is 0.276 e. The number of sulfonamides is 1. The molecule has 0 unspecified atom stereocenters. The minimum Gasteiger partial charge on any atom is -0.437 e. The van der Waals surface area contributed by atoms with Gasteiger partial charge in [-0.2, -0.15) is 9.40 Å². The highest BCUT2D eigenvalue weighted by molar-refractivity contribution is 9.10. The van der Waals surface area contributed by atoms with Gasteiger partial charge in [0.2, 0.25) is 5.09 Å². The lowest BCUT2D eigenvalue weighted by molar-refractivity contribution is 0.355. The molecule has 0 aromatic carbocycles. The van der Waals surface area contributed by atoms with Gasteiger partial charge in [-0.15, -0.1) is 0 Å². The van der Waals surface area contributed by atoms with E-state index in [0.717, 1.165) is 5.69 Å². The Bertz CT molecular complexity index is 856. The second-order valence-corrected chi connectivity index (χ2v) is 7.38. The highest BCUT2D eigenvalue weighted by atomic mass is 79.9. The lowest BCUT2D eigenvalue weighted by atomic mass is 10.1. The molecule has 2 aromatic heterocycles. The number of aryl methyl sites for hydroxylation is 1. The molecule has 2 aromatic rings. The van der Waals surface area contributed by atoms with Crippen molar-refractivity contribution in [3.05, 3.63) is 44.5 Å². The summed E-state index contributed by atoms with van der Waals surface area (Å²) in [5.41, 5.74) is 1.14. The van der Waals surface area contributed by atoms with Crippen LogP contribution in [-0.4, -0.2) is 29.0 Å². The molecule has 21 heavy (non-hydrogen) atoms. The van der Waals surface area contributed by atoms with Crippen molar-refractivity contribution in [3.63, 3.8) is 0 Å². The lowest BCUT2D eigenvalue weighted by Gasteiger charge is -2.26. The van der Waals surface area contributed by atoms with Gasteiger partial charge in [-0.1, -0.05) is 0 Å². The molecule has 0 saturated carbocycles. The minimum absolute atomic E-state index is 0.116. The Balaban J connectivity index is 1.96. The summed E-state index contributed by atoms with van der Waals surface area (Å²) in [5.74, 6) is 0. The Labute approximate surface area is 129 Å². The molecular formula is C12H12BrN3O4S. The van der Waals surface area contributed by atoms with Gasteiger partial charge in [-0.3, -0.25) is 4.79 Å². The third-order valence-electron chi connectivity index (χ3n) is 3.35. The molecule has 9 heteroatoms. The Morgan fingerprint density at radius 2 is 2.14 bits per heavy atom. The first-order chi connectivity index (χ1) is 9.88. The van der Waals surface area contributed by atoms with E-state index in [1.807, 2.05) is 0 Å². The van der Waals surface area contributed by atoms with E-state index in [0.29, 0.717) is 23.2 Å². The zero-order valence-electron chi connectivity index (χ0n) is 11.1. The first-order valence-corrected chi connectivity index (χ1v) is 8.43. The average molecular weight is 374 g/mol. The fraction of sp³-hybridized carbons (Fsp3) is 0.333. The predicted octanol–water partition coefficient (Wildman–Crippen LogP) is 0.883. The maximum absolute atomic E-state index is 12.5. The minimum atomic E-state index is -3.71. The largest absolute Gasteiger partial charge is 0.437 e. The summed E-state index contributed by atoms with van der Waals surface area (Å²) in [6.07, 6.45) is 0.463. The maximum Gasteiger partial charge on any atom is 0.276 e. The van der Waals surface area contributed by atoms with E-state index in [9.17, 15) is 13.2 Å². The van der Waals surface area contributed by atoms with Gasteiger partial charge in [-0.05, 0) is 33.6 Å². The van der Waals surface area contributed by atoms with Gasteiger partial charge in [0.05, 0.1) is 5.69 Å². The molecule has 3 heterocycles. The second-order valence-electron chi connectivity index (χ2n) is 4.73. The van der Waals surface area contributed by atoms with Crippen LogP contribution in [0.2, 0.25) is 0 Å². The van der Waals surface area contributed by atoms with E-state index < -0.39 is 10.0 Å². The summed E-state index contributed by atoms with van der Waals surface area (Å²) in [4.78, 5) is 11.6. The van der Waals surface area contributed by atoms with Gasteiger partial charge in [0.15, 0.2) is 4.67 Å². The molecule has 3 rings (SSSR count). The van der Waals surface area contributed by atoms with Crippen LogP contribution in [0.3, 0.4) is 0 Å². The molecule has 0 saturated heterocycles. The molecular weight excluding hydrogens is 362 g/mol. The predicted molar refractivity (Wildman–Crippen MR) is 77.2 cm³/mol. The van der Waals surface area contributed by atoms with Crippen molar-refractivity contribution in [1.29, 1.82) is 0 Å². The van der Waals surface area contributed by atoms with Crippen LogP contribution in [0.1, 0.15) is 11.3 Å². The van der Waals surface area contributed by atoms with Crippen molar-refractivity contribution in [2.75, 3.05) is 6.54 Å². The van der Waals surface area contributed by atoms with Crippen LogP contribution in [0.5, 0.6) is 0 Å². The van der Waals surface area contributed by atoms with Crippen molar-refractivity contribution in [2.45, 2.75) is 18.1 Å². The van der Waals surface area contributed by atoms with Crippen molar-refractivity contribution in [2.24, 2.45) is 7.05 Å². The maximum atomic E-state index is 12.5. The van der Waals surface area contributed by atoms with E-state index in [2.05, 4.69) is 21.0 Å². The van der Waals surface area contributed by atoms with Crippen LogP contribution >= 0.6 is 15.9 Å². The fourth-order valence-electron chi connectivity index (χ4n) is 2.24. The molecule has 0 N–H and O–H groups in total. The monoisotopic (exact) mass is 373 g/mol. The average Bonchev–Trinajstić information content (AvgIpc) is 2.87. The number of halogens is 1. The summed E-state index contributed by atoms with van der Waals surface area (Å²) in [7, 11) is -2.13. The van der Waals surface area contributed by atoms with Gasteiger partial charge in [-0.25, -0.2) is 13.1 Å². The molecule has 1 aliphatic rings. The molecule has 0 fully saturated rings. The van der Waals surface area contributed by atoms with Crippen LogP contribution in [0, 0.1) is 0 Å². The molecule has 0 atom stereocenters. The van der Waals surface area contributed by atoms with Crippen molar-refractivity contribution < 1.29 is 12.8 Å². The highest BCUT2D eigenvalue weighted by Gasteiger charge is 2.31. The van der Waals surface area contributed by atoms with Crippen molar-refractivity contribution >= 4 is 26.0 Å². The van der Waals surface area contributed by atoms with Crippen LogP contribution in [0.25, 0.3) is 0 Å². The molecule has 1 aliphatic heterocycles. The van der Waals surface area contributed by atoms with Crippen LogP contribution in [0.15, 0.2) is 37.2 Å². The zero-order chi connectivity index (χ0) is 15.2. The number of hydrogen-bond donors (Lipinski definition) is 0. The number of fused-ring (bicyclic) bond motifs is 1. The molecule has 0 spiro atoms. The topological polar surface area (TPSA) is 85.4 Å². The number of aromatic nitrogens is 2. The molecule has 0 bridgehead atoms. The Kier molecular flexibility index (Phi) is 3.50. The van der Waals surface area contributed by atoms with E-state index in [4.69, 9.17) is 4.42 Å². The van der Waals surface area contributed by atoms with Crippen LogP contribution < -0.4 is 5.56 Å². The van der Waals surface area contributed by atoms with Gasteiger partial charge >= 0.3 is 0 Å². The molecule has 112 valence electrons. The Morgan fingerprint density at radius 1 is 1.38 bits per heavy atom. The summed E-state index contributed by atoms with van der Waals surface area (Å²) in [6, 6.07) is 4.36. The van der Waals surface area contributed by atoms with E-state index in [1.54, 1.807) is 7.05 Å². The van der Waals surface area contributed by atoms with Crippen molar-refractivity contribution in [3.8, 4) is 0 Å². The summed E-state index contributed by atoms with van der Waals surface area (Å²) in [5, 5.41) is 4.04. The molecule has 0 aliphatic carbocycles. The summed E-state index contributed by atoms with van der Waals surface area (Å²) < 4.78 is 33.0. The number of furan rings is 1. The van der Waals surface area contributed by atoms with E-state index in [-0.39, 0.29) is 17.2 Å². The van der Waals surface area contributed by atoms with E-state index in [1.165, 1.54) is 27.2 Å². The van der Waals surface area contributed by atoms with Gasteiger partial charge in [0, 0.05) is 32.6 Å². The van der Waals surface area contributed by atoms with Gasteiger partial charge in [0.1, 0.15) is 0 Å². The molecule has 0 radical (unpaired) electrons. The third-order valence-corrected chi connectivity index (χ3v) is 5.49. The number of rotatable bonds is 2. The molecule has 7 nitrogen and oxygen atoms in total. The quantitative estimate of drug-likeness (QED) is 0.779. The Morgan fingerprint density at radius 3 is 2.81 bits per heavy atom. The van der Waals surface area contributed by atoms with E-state index >= 15 is 0 Å². The standard InChI is InChI=1S/C12H12BrN3O4S/c1-15-11(17)6-8-7-16(5-4-9(8)14-15)21(18,19)12-3-2-10(13)20-12/h2-3,6H,4-5,7H2,1H3. The second kappa shape index (κ2) is 5.08. The third kappa shape index (κ3) is 2.56. The first kappa shape index (κ1) is 14.5. The Hall–Kier alpha value is -1.45. The fourth-order valence-corrected chi connectivity index (χ4v) is 3.98. The highest BCUT2D eigenvalue weighted by Crippen LogP contribution is 2.26. The summed E-state index contributed by atoms with van der Waals surface area (Å²) >= 11 is 3.09. The van der Waals surface area contributed by atoms with Crippen LogP contribution in [-0.2, 0) is 30.0 Å².